The standard InChI is InChI=1S/C26H37N3O5S2/c1-16(2)21(22-27-20(15-36-22)24(31)33-7)29(14-18-11-9-8-10-12-18)23(30)19(13-17(3)35)28-25(32)34-26(4,5)6/h8-12,15-17,19,21,35H,13-14H2,1-7H3,(H,28,32). The lowest BCUT2D eigenvalue weighted by Gasteiger charge is -2.36. The van der Waals surface area contributed by atoms with Gasteiger partial charge in [0.25, 0.3) is 0 Å². The SMILES string of the molecule is COC(=O)c1csc(C(C(C)C)N(Cc2ccccc2)C(=O)C(CC(C)S)NC(=O)OC(C)(C)C)n1. The van der Waals surface area contributed by atoms with Crippen molar-refractivity contribution >= 4 is 41.9 Å². The number of amides is 2. The highest BCUT2D eigenvalue weighted by Gasteiger charge is 2.36. The Hall–Kier alpha value is -2.59. The van der Waals surface area contributed by atoms with Gasteiger partial charge in [0.1, 0.15) is 16.7 Å². The lowest BCUT2D eigenvalue weighted by molar-refractivity contribution is -0.138. The summed E-state index contributed by atoms with van der Waals surface area (Å²) in [5.41, 5.74) is 0.415. The Labute approximate surface area is 223 Å². The van der Waals surface area contributed by atoms with Gasteiger partial charge in [-0.1, -0.05) is 51.1 Å². The van der Waals surface area contributed by atoms with E-state index in [0.29, 0.717) is 18.0 Å². The Morgan fingerprint density at radius 1 is 1.14 bits per heavy atom. The number of thiazole rings is 1. The highest BCUT2D eigenvalue weighted by atomic mass is 32.1. The van der Waals surface area contributed by atoms with Crippen LogP contribution in [0.2, 0.25) is 0 Å². The molecule has 3 unspecified atom stereocenters. The number of benzene rings is 1. The Kier molecular flexibility index (Phi) is 10.8. The first-order valence-corrected chi connectivity index (χ1v) is 13.3. The van der Waals surface area contributed by atoms with Crippen molar-refractivity contribution in [1.29, 1.82) is 0 Å². The highest BCUT2D eigenvalue weighted by molar-refractivity contribution is 7.80. The van der Waals surface area contributed by atoms with E-state index in [1.54, 1.807) is 31.1 Å². The molecule has 0 aliphatic carbocycles. The van der Waals surface area contributed by atoms with Crippen molar-refractivity contribution in [3.63, 3.8) is 0 Å². The fraction of sp³-hybridized carbons (Fsp3) is 0.538. The first-order chi connectivity index (χ1) is 16.8. The van der Waals surface area contributed by atoms with Crippen LogP contribution in [0.15, 0.2) is 35.7 Å². The van der Waals surface area contributed by atoms with Crippen LogP contribution in [0, 0.1) is 5.92 Å². The number of ether oxygens (including phenoxy) is 2. The minimum atomic E-state index is -0.864. The van der Waals surface area contributed by atoms with E-state index in [1.807, 2.05) is 51.1 Å². The third-order valence-corrected chi connectivity index (χ3v) is 6.31. The van der Waals surface area contributed by atoms with Crippen LogP contribution in [0.3, 0.4) is 0 Å². The Morgan fingerprint density at radius 3 is 2.31 bits per heavy atom. The number of thiol groups is 1. The number of nitrogens with zero attached hydrogens (tertiary/aromatic N) is 2. The van der Waals surface area contributed by atoms with Crippen LogP contribution < -0.4 is 5.32 Å². The van der Waals surface area contributed by atoms with Gasteiger partial charge in [-0.2, -0.15) is 12.6 Å². The molecule has 0 radical (unpaired) electrons. The predicted molar refractivity (Wildman–Crippen MR) is 144 cm³/mol. The number of esters is 1. The van der Waals surface area contributed by atoms with Gasteiger partial charge in [0.2, 0.25) is 5.91 Å². The van der Waals surface area contributed by atoms with E-state index in [9.17, 15) is 14.4 Å². The Balaban J connectivity index is 2.50. The minimum Gasteiger partial charge on any atom is -0.464 e. The summed E-state index contributed by atoms with van der Waals surface area (Å²) in [6.07, 6.45) is -0.361. The number of methoxy groups -OCH3 is 1. The number of nitrogens with one attached hydrogen (secondary N) is 1. The summed E-state index contributed by atoms with van der Waals surface area (Å²) in [7, 11) is 1.30. The van der Waals surface area contributed by atoms with Gasteiger partial charge in [-0.3, -0.25) is 4.79 Å². The molecule has 0 fully saturated rings. The van der Waals surface area contributed by atoms with Gasteiger partial charge in [-0.25, -0.2) is 14.6 Å². The lowest BCUT2D eigenvalue weighted by atomic mass is 9.99. The molecule has 1 N–H and O–H groups in total. The van der Waals surface area contributed by atoms with E-state index in [4.69, 9.17) is 9.47 Å². The van der Waals surface area contributed by atoms with E-state index in [0.717, 1.165) is 5.56 Å². The van der Waals surface area contributed by atoms with E-state index < -0.39 is 29.7 Å². The fourth-order valence-electron chi connectivity index (χ4n) is 3.71. The molecule has 0 aliphatic heterocycles. The average Bonchev–Trinajstić information content (AvgIpc) is 3.25. The number of hydrogen-bond acceptors (Lipinski definition) is 8. The smallest absolute Gasteiger partial charge is 0.408 e. The summed E-state index contributed by atoms with van der Waals surface area (Å²) >= 11 is 5.78. The molecule has 36 heavy (non-hydrogen) atoms. The zero-order chi connectivity index (χ0) is 27.0. The second-order valence-corrected chi connectivity index (χ2v) is 11.8. The van der Waals surface area contributed by atoms with Crippen LogP contribution in [-0.2, 0) is 20.8 Å². The van der Waals surface area contributed by atoms with Crippen molar-refractivity contribution in [2.24, 2.45) is 5.92 Å². The molecule has 0 spiro atoms. The topological polar surface area (TPSA) is 97.8 Å². The number of carbonyl (C=O) groups excluding carboxylic acids is 3. The molecule has 0 aliphatic rings. The fourth-order valence-corrected chi connectivity index (χ4v) is 4.99. The molecule has 2 aromatic rings. The van der Waals surface area contributed by atoms with Crippen LogP contribution in [-0.4, -0.2) is 51.9 Å². The summed E-state index contributed by atoms with van der Waals surface area (Å²) in [4.78, 5) is 45.0. The molecule has 2 amide bonds. The van der Waals surface area contributed by atoms with Crippen molar-refractivity contribution in [3.05, 3.63) is 52.0 Å². The second-order valence-electron chi connectivity index (χ2n) is 9.99. The highest BCUT2D eigenvalue weighted by Crippen LogP contribution is 2.33. The van der Waals surface area contributed by atoms with Crippen LogP contribution in [0.1, 0.15) is 75.1 Å². The van der Waals surface area contributed by atoms with E-state index in [-0.39, 0.29) is 22.8 Å². The summed E-state index contributed by atoms with van der Waals surface area (Å²) in [6, 6.07) is 8.31. The van der Waals surface area contributed by atoms with Gasteiger partial charge >= 0.3 is 12.1 Å². The Morgan fingerprint density at radius 2 is 1.78 bits per heavy atom. The van der Waals surface area contributed by atoms with E-state index in [1.165, 1.54) is 18.4 Å². The van der Waals surface area contributed by atoms with E-state index >= 15 is 0 Å². The molecule has 1 aromatic carbocycles. The zero-order valence-corrected chi connectivity index (χ0v) is 23.7. The maximum Gasteiger partial charge on any atom is 0.408 e. The molecule has 8 nitrogen and oxygen atoms in total. The predicted octanol–water partition coefficient (Wildman–Crippen LogP) is 5.26. The number of hydrogen-bond donors (Lipinski definition) is 2. The third kappa shape index (κ3) is 8.81. The van der Waals surface area contributed by atoms with Crippen LogP contribution in [0.4, 0.5) is 4.79 Å². The van der Waals surface area contributed by atoms with Crippen molar-refractivity contribution in [2.75, 3.05) is 7.11 Å². The largest absolute Gasteiger partial charge is 0.464 e. The average molecular weight is 536 g/mol. The first kappa shape index (κ1) is 29.6. The van der Waals surface area contributed by atoms with Crippen molar-refractivity contribution in [2.45, 2.75) is 77.4 Å². The number of alkyl carbamates (subject to hydrolysis) is 1. The van der Waals surface area contributed by atoms with Crippen LogP contribution in [0.5, 0.6) is 0 Å². The quantitative estimate of drug-likeness (QED) is 0.318. The zero-order valence-electron chi connectivity index (χ0n) is 22.0. The van der Waals surface area contributed by atoms with Gasteiger partial charge in [0.05, 0.1) is 13.2 Å². The molecule has 1 heterocycles. The molecular weight excluding hydrogens is 498 g/mol. The maximum absolute atomic E-state index is 14.1. The molecule has 0 saturated carbocycles. The molecule has 1 aromatic heterocycles. The van der Waals surface area contributed by atoms with Crippen molar-refractivity contribution in [3.8, 4) is 0 Å². The van der Waals surface area contributed by atoms with Gasteiger partial charge in [0.15, 0.2) is 5.69 Å². The molecule has 0 bridgehead atoms. The summed E-state index contributed by atoms with van der Waals surface area (Å²) in [5, 5.41) is 4.85. The first-order valence-electron chi connectivity index (χ1n) is 11.9. The minimum absolute atomic E-state index is 0.0371. The van der Waals surface area contributed by atoms with Gasteiger partial charge in [-0.15, -0.1) is 11.3 Å². The molecular formula is C26H37N3O5S2. The van der Waals surface area contributed by atoms with Crippen molar-refractivity contribution in [1.82, 2.24) is 15.2 Å². The molecule has 3 atom stereocenters. The summed E-state index contributed by atoms with van der Waals surface area (Å²) in [6.45, 7) is 11.4. The second kappa shape index (κ2) is 13.1. The van der Waals surface area contributed by atoms with Crippen LogP contribution in [0.25, 0.3) is 0 Å². The van der Waals surface area contributed by atoms with Gasteiger partial charge in [0, 0.05) is 17.2 Å². The summed E-state index contributed by atoms with van der Waals surface area (Å²) in [5.74, 6) is -0.849. The van der Waals surface area contributed by atoms with E-state index in [2.05, 4.69) is 22.9 Å². The monoisotopic (exact) mass is 535 g/mol. The number of aromatic nitrogens is 1. The lowest BCUT2D eigenvalue weighted by Crippen LogP contribution is -2.51. The molecule has 0 saturated heterocycles. The third-order valence-electron chi connectivity index (χ3n) is 5.18. The Bertz CT molecular complexity index is 1020. The van der Waals surface area contributed by atoms with Gasteiger partial charge in [-0.05, 0) is 38.7 Å². The molecule has 2 rings (SSSR count). The number of rotatable bonds is 10. The molecule has 10 heteroatoms. The maximum atomic E-state index is 14.1. The number of carbonyl (C=O) groups is 3. The van der Waals surface area contributed by atoms with Gasteiger partial charge < -0.3 is 19.7 Å². The van der Waals surface area contributed by atoms with Crippen LogP contribution >= 0.6 is 24.0 Å². The summed E-state index contributed by atoms with van der Waals surface area (Å²) < 4.78 is 10.2. The normalized spacial score (nSPS) is 14.0. The molecule has 198 valence electrons. The van der Waals surface area contributed by atoms with Crippen molar-refractivity contribution < 1.29 is 23.9 Å².